The first-order chi connectivity index (χ1) is 7.82. The Labute approximate surface area is 102 Å². The van der Waals surface area contributed by atoms with Crippen molar-refractivity contribution in [2.45, 2.75) is 31.2 Å². The lowest BCUT2D eigenvalue weighted by molar-refractivity contribution is 0.389. The van der Waals surface area contributed by atoms with Gasteiger partial charge in [0.15, 0.2) is 0 Å². The van der Waals surface area contributed by atoms with E-state index in [-0.39, 0.29) is 10.8 Å². The van der Waals surface area contributed by atoms with Crippen LogP contribution in [0.4, 0.5) is 0 Å². The highest BCUT2D eigenvalue weighted by molar-refractivity contribution is 7.89. The molecule has 1 rings (SSSR count). The molecule has 0 aliphatic carbocycles. The molecule has 0 amide bonds. The molecule has 4 nitrogen and oxygen atoms in total. The van der Waals surface area contributed by atoms with Crippen molar-refractivity contribution in [1.29, 1.82) is 5.26 Å². The van der Waals surface area contributed by atoms with Crippen molar-refractivity contribution in [2.24, 2.45) is 5.92 Å². The number of hydrogen-bond acceptors (Lipinski definition) is 3. The maximum absolute atomic E-state index is 12.0. The molecule has 0 heterocycles. The smallest absolute Gasteiger partial charge is 0.207 e. The molecule has 1 atom stereocenters. The van der Waals surface area contributed by atoms with Gasteiger partial charge < -0.3 is 0 Å². The third-order valence-corrected chi connectivity index (χ3v) is 4.37. The molecule has 1 aromatic rings. The van der Waals surface area contributed by atoms with Gasteiger partial charge in [-0.3, -0.25) is 0 Å². The Morgan fingerprint density at radius 3 is 2.24 bits per heavy atom. The molecule has 0 radical (unpaired) electrons. The van der Waals surface area contributed by atoms with Crippen LogP contribution in [0.25, 0.3) is 0 Å². The van der Waals surface area contributed by atoms with E-state index < -0.39 is 15.6 Å². The summed E-state index contributed by atoms with van der Waals surface area (Å²) < 4.78 is 26.5. The topological polar surface area (TPSA) is 70.0 Å². The molecule has 0 aliphatic heterocycles. The summed E-state index contributed by atoms with van der Waals surface area (Å²) in [7, 11) is -3.65. The number of nitrogens with zero attached hydrogens (tertiary/aromatic N) is 1. The van der Waals surface area contributed by atoms with E-state index in [1.165, 1.54) is 12.1 Å². The normalized spacial score (nSPS) is 15.2. The van der Waals surface area contributed by atoms with Crippen molar-refractivity contribution < 1.29 is 8.42 Å². The van der Waals surface area contributed by atoms with Crippen LogP contribution in [0.2, 0.25) is 0 Å². The van der Waals surface area contributed by atoms with Gasteiger partial charge in [-0.1, -0.05) is 32.0 Å². The van der Waals surface area contributed by atoms with Crippen LogP contribution in [0.15, 0.2) is 35.2 Å². The monoisotopic (exact) mass is 252 g/mol. The first-order valence-electron chi connectivity index (χ1n) is 5.32. The minimum absolute atomic E-state index is 0.119. The molecule has 1 unspecified atom stereocenters. The molecule has 0 aliphatic rings. The zero-order chi connectivity index (χ0) is 13.1. The van der Waals surface area contributed by atoms with Gasteiger partial charge in [-0.2, -0.15) is 9.98 Å². The number of nitrogens with one attached hydrogen (secondary N) is 1. The summed E-state index contributed by atoms with van der Waals surface area (Å²) in [5, 5.41) is 9.09. The molecule has 0 fully saturated rings. The summed E-state index contributed by atoms with van der Waals surface area (Å²) in [5.74, 6) is -0.119. The highest BCUT2D eigenvalue weighted by atomic mass is 32.2. The molecular weight excluding hydrogens is 236 g/mol. The summed E-state index contributed by atoms with van der Waals surface area (Å²) in [6, 6.07) is 10.0. The van der Waals surface area contributed by atoms with Crippen LogP contribution in [0, 0.1) is 17.2 Å². The minimum atomic E-state index is -3.65. The predicted octanol–water partition coefficient (Wildman–Crippen LogP) is 1.90. The molecule has 17 heavy (non-hydrogen) atoms. The third kappa shape index (κ3) is 3.05. The summed E-state index contributed by atoms with van der Waals surface area (Å²) in [6.45, 7) is 5.19. The van der Waals surface area contributed by atoms with Gasteiger partial charge in [0.05, 0.1) is 11.0 Å². The Kier molecular flexibility index (Phi) is 3.91. The second-order valence-electron chi connectivity index (χ2n) is 4.39. The number of rotatable bonds is 4. The van der Waals surface area contributed by atoms with Crippen molar-refractivity contribution in [2.75, 3.05) is 0 Å². The Bertz CT molecular complexity index is 517. The van der Waals surface area contributed by atoms with Gasteiger partial charge in [0, 0.05) is 0 Å². The first kappa shape index (κ1) is 13.7. The van der Waals surface area contributed by atoms with Gasteiger partial charge in [-0.25, -0.2) is 8.42 Å². The maximum Gasteiger partial charge on any atom is 0.241 e. The van der Waals surface area contributed by atoms with Crippen LogP contribution in [0.1, 0.15) is 20.8 Å². The highest BCUT2D eigenvalue weighted by Gasteiger charge is 2.33. The molecule has 1 aromatic carbocycles. The molecule has 0 spiro atoms. The van der Waals surface area contributed by atoms with Crippen molar-refractivity contribution in [1.82, 2.24) is 4.72 Å². The minimum Gasteiger partial charge on any atom is -0.207 e. The third-order valence-electron chi connectivity index (χ3n) is 2.79. The molecular formula is C12H16N2O2S. The van der Waals surface area contributed by atoms with Crippen molar-refractivity contribution in [3.05, 3.63) is 30.3 Å². The number of benzene rings is 1. The quantitative estimate of drug-likeness (QED) is 0.889. The van der Waals surface area contributed by atoms with Crippen LogP contribution in [-0.2, 0) is 10.0 Å². The van der Waals surface area contributed by atoms with E-state index >= 15 is 0 Å². The van der Waals surface area contributed by atoms with Gasteiger partial charge in [-0.05, 0) is 25.0 Å². The fourth-order valence-corrected chi connectivity index (χ4v) is 2.68. The Hall–Kier alpha value is -1.38. The largest absolute Gasteiger partial charge is 0.241 e. The summed E-state index contributed by atoms with van der Waals surface area (Å²) in [5.41, 5.74) is -1.10. The molecule has 0 saturated heterocycles. The average Bonchev–Trinajstić information content (AvgIpc) is 2.29. The lowest BCUT2D eigenvalue weighted by Gasteiger charge is -2.26. The van der Waals surface area contributed by atoms with E-state index in [4.69, 9.17) is 5.26 Å². The van der Waals surface area contributed by atoms with E-state index in [0.717, 1.165) is 0 Å². The van der Waals surface area contributed by atoms with Crippen LogP contribution >= 0.6 is 0 Å². The van der Waals surface area contributed by atoms with Crippen LogP contribution < -0.4 is 4.72 Å². The summed E-state index contributed by atoms with van der Waals surface area (Å²) in [4.78, 5) is 0.169. The van der Waals surface area contributed by atoms with Crippen molar-refractivity contribution in [3.8, 4) is 6.07 Å². The van der Waals surface area contributed by atoms with Crippen LogP contribution in [-0.4, -0.2) is 14.0 Å². The van der Waals surface area contributed by atoms with E-state index in [1.807, 2.05) is 6.07 Å². The molecule has 0 saturated carbocycles. The summed E-state index contributed by atoms with van der Waals surface area (Å²) >= 11 is 0. The first-order valence-corrected chi connectivity index (χ1v) is 6.80. The van der Waals surface area contributed by atoms with E-state index in [2.05, 4.69) is 4.72 Å². The molecule has 5 heteroatoms. The van der Waals surface area contributed by atoms with E-state index in [0.29, 0.717) is 0 Å². The molecule has 92 valence electrons. The second kappa shape index (κ2) is 4.86. The zero-order valence-corrected chi connectivity index (χ0v) is 11.0. The van der Waals surface area contributed by atoms with Gasteiger partial charge in [0.1, 0.15) is 5.54 Å². The molecule has 1 N–H and O–H groups in total. The number of nitriles is 1. The fraction of sp³-hybridized carbons (Fsp3) is 0.417. The van der Waals surface area contributed by atoms with E-state index in [9.17, 15) is 8.42 Å². The number of hydrogen-bond donors (Lipinski definition) is 1. The second-order valence-corrected chi connectivity index (χ2v) is 6.07. The lowest BCUT2D eigenvalue weighted by Crippen LogP contribution is -2.48. The van der Waals surface area contributed by atoms with Gasteiger partial charge >= 0.3 is 0 Å². The van der Waals surface area contributed by atoms with E-state index in [1.54, 1.807) is 39.0 Å². The average molecular weight is 252 g/mol. The Morgan fingerprint density at radius 2 is 1.82 bits per heavy atom. The Morgan fingerprint density at radius 1 is 1.29 bits per heavy atom. The fourth-order valence-electron chi connectivity index (χ4n) is 1.21. The van der Waals surface area contributed by atoms with Crippen molar-refractivity contribution >= 4 is 10.0 Å². The van der Waals surface area contributed by atoms with Crippen molar-refractivity contribution in [3.63, 3.8) is 0 Å². The van der Waals surface area contributed by atoms with Gasteiger partial charge in [0.2, 0.25) is 10.0 Å². The highest BCUT2D eigenvalue weighted by Crippen LogP contribution is 2.19. The lowest BCUT2D eigenvalue weighted by atomic mass is 9.92. The number of sulfonamides is 1. The maximum atomic E-state index is 12.0. The zero-order valence-electron chi connectivity index (χ0n) is 10.1. The predicted molar refractivity (Wildman–Crippen MR) is 65.6 cm³/mol. The van der Waals surface area contributed by atoms with Crippen LogP contribution in [0.5, 0.6) is 0 Å². The standard InChI is InChI=1S/C12H16N2O2S/c1-10(2)12(3,9-13)14-17(15,16)11-7-5-4-6-8-11/h4-8,10,14H,1-3H3. The molecule has 0 bridgehead atoms. The van der Waals surface area contributed by atoms with Crippen LogP contribution in [0.3, 0.4) is 0 Å². The SMILES string of the molecule is CC(C)C(C)(C#N)NS(=O)(=O)c1ccccc1. The van der Waals surface area contributed by atoms with Gasteiger partial charge in [0.25, 0.3) is 0 Å². The van der Waals surface area contributed by atoms with Gasteiger partial charge in [-0.15, -0.1) is 0 Å². The summed E-state index contributed by atoms with van der Waals surface area (Å²) in [6.07, 6.45) is 0. The Balaban J connectivity index is 3.08. The molecule has 0 aromatic heterocycles.